The van der Waals surface area contributed by atoms with Gasteiger partial charge >= 0.3 is 5.97 Å². The van der Waals surface area contributed by atoms with Gasteiger partial charge in [-0.05, 0) is 38.5 Å². The van der Waals surface area contributed by atoms with Crippen molar-refractivity contribution in [3.05, 3.63) is 46.9 Å². The van der Waals surface area contributed by atoms with Gasteiger partial charge in [-0.15, -0.1) is 0 Å². The SMILES string of the molecule is CC1=C(C(=O)OC(C)C)C(c2ccc(F)cc2)N2C(=O)CSC2=N1. The Morgan fingerprint density at radius 1 is 1.38 bits per heavy atom. The van der Waals surface area contributed by atoms with Crippen molar-refractivity contribution in [3.63, 3.8) is 0 Å². The highest BCUT2D eigenvalue weighted by atomic mass is 32.2. The second kappa shape index (κ2) is 6.39. The highest BCUT2D eigenvalue weighted by Gasteiger charge is 2.43. The Morgan fingerprint density at radius 2 is 2.04 bits per heavy atom. The third kappa shape index (κ3) is 2.96. The molecule has 5 nitrogen and oxygen atoms in total. The van der Waals surface area contributed by atoms with Crippen molar-refractivity contribution < 1.29 is 18.7 Å². The van der Waals surface area contributed by atoms with Crippen molar-refractivity contribution in [1.29, 1.82) is 0 Å². The van der Waals surface area contributed by atoms with Gasteiger partial charge in [0.05, 0.1) is 29.2 Å². The molecule has 7 heteroatoms. The highest BCUT2D eigenvalue weighted by Crippen LogP contribution is 2.41. The topological polar surface area (TPSA) is 59.0 Å². The van der Waals surface area contributed by atoms with Crippen LogP contribution in [-0.2, 0) is 14.3 Å². The maximum atomic E-state index is 13.3. The lowest BCUT2D eigenvalue weighted by Gasteiger charge is -2.33. The number of thioether (sulfide) groups is 1. The Balaban J connectivity index is 2.11. The van der Waals surface area contributed by atoms with Gasteiger partial charge in [0.2, 0.25) is 5.91 Å². The number of carbonyl (C=O) groups excluding carboxylic acids is 2. The predicted molar refractivity (Wildman–Crippen MR) is 89.8 cm³/mol. The summed E-state index contributed by atoms with van der Waals surface area (Å²) in [6.45, 7) is 5.24. The molecular weight excluding hydrogens is 331 g/mol. The van der Waals surface area contributed by atoms with Crippen LogP contribution in [0.15, 0.2) is 40.5 Å². The van der Waals surface area contributed by atoms with Gasteiger partial charge in [0.1, 0.15) is 5.82 Å². The number of benzene rings is 1. The van der Waals surface area contributed by atoms with Crippen molar-refractivity contribution in [2.45, 2.75) is 32.9 Å². The number of amidine groups is 1. The third-order valence-corrected chi connectivity index (χ3v) is 4.67. The zero-order chi connectivity index (χ0) is 17.4. The minimum Gasteiger partial charge on any atom is -0.459 e. The minimum absolute atomic E-state index is 0.129. The van der Waals surface area contributed by atoms with Gasteiger partial charge in [-0.3, -0.25) is 9.69 Å². The van der Waals surface area contributed by atoms with Crippen LogP contribution < -0.4 is 0 Å². The van der Waals surface area contributed by atoms with Gasteiger partial charge in [-0.25, -0.2) is 14.2 Å². The number of hydrogen-bond acceptors (Lipinski definition) is 5. The Hall–Kier alpha value is -2.15. The summed E-state index contributed by atoms with van der Waals surface area (Å²) in [4.78, 5) is 30.8. The zero-order valence-electron chi connectivity index (χ0n) is 13.6. The number of fused-ring (bicyclic) bond motifs is 1. The van der Waals surface area contributed by atoms with E-state index < -0.39 is 12.0 Å². The lowest BCUT2D eigenvalue weighted by molar-refractivity contribution is -0.143. The Morgan fingerprint density at radius 3 is 2.67 bits per heavy atom. The number of carbonyl (C=O) groups is 2. The van der Waals surface area contributed by atoms with Crippen LogP contribution in [-0.4, -0.2) is 33.8 Å². The molecule has 1 fully saturated rings. The summed E-state index contributed by atoms with van der Waals surface area (Å²) in [5.74, 6) is -0.742. The largest absolute Gasteiger partial charge is 0.459 e. The summed E-state index contributed by atoms with van der Waals surface area (Å²) >= 11 is 1.33. The van der Waals surface area contributed by atoms with E-state index in [1.165, 1.54) is 28.8 Å². The molecule has 1 saturated heterocycles. The Kier molecular flexibility index (Phi) is 4.45. The molecular formula is C17H17FN2O3S. The first-order valence-electron chi connectivity index (χ1n) is 7.59. The zero-order valence-corrected chi connectivity index (χ0v) is 14.4. The lowest BCUT2D eigenvalue weighted by atomic mass is 9.94. The third-order valence-electron chi connectivity index (χ3n) is 3.73. The molecule has 24 heavy (non-hydrogen) atoms. The second-order valence-corrected chi connectivity index (χ2v) is 6.80. The summed E-state index contributed by atoms with van der Waals surface area (Å²) in [6, 6.07) is 5.14. The molecule has 3 rings (SSSR count). The monoisotopic (exact) mass is 348 g/mol. The summed E-state index contributed by atoms with van der Waals surface area (Å²) < 4.78 is 18.6. The standard InChI is InChI=1S/C17H17FN2O3S/c1-9(2)23-16(22)14-10(3)19-17-20(13(21)8-24-17)15(14)11-4-6-12(18)7-5-11/h4-7,9,15H,8H2,1-3H3. The van der Waals surface area contributed by atoms with Gasteiger partial charge in [0, 0.05) is 0 Å². The van der Waals surface area contributed by atoms with Crippen LogP contribution in [0.2, 0.25) is 0 Å². The van der Waals surface area contributed by atoms with E-state index in [2.05, 4.69) is 4.99 Å². The van der Waals surface area contributed by atoms with Gasteiger partial charge in [-0.1, -0.05) is 23.9 Å². The van der Waals surface area contributed by atoms with Crippen molar-refractivity contribution in [3.8, 4) is 0 Å². The van der Waals surface area contributed by atoms with Crippen molar-refractivity contribution >= 4 is 28.8 Å². The maximum Gasteiger partial charge on any atom is 0.338 e. The number of nitrogens with zero attached hydrogens (tertiary/aromatic N) is 2. The molecule has 0 radical (unpaired) electrons. The van der Waals surface area contributed by atoms with E-state index >= 15 is 0 Å². The molecule has 2 aliphatic rings. The van der Waals surface area contributed by atoms with Crippen LogP contribution in [0, 0.1) is 5.82 Å². The van der Waals surface area contributed by atoms with Gasteiger partial charge < -0.3 is 4.74 Å². The number of aliphatic imine (C=N–C) groups is 1. The summed E-state index contributed by atoms with van der Waals surface area (Å²) in [6.07, 6.45) is -0.291. The Bertz CT molecular complexity index is 756. The lowest BCUT2D eigenvalue weighted by Crippen LogP contribution is -2.40. The summed E-state index contributed by atoms with van der Waals surface area (Å²) in [5, 5.41) is 0.563. The molecule has 1 unspecified atom stereocenters. The van der Waals surface area contributed by atoms with Crippen LogP contribution in [0.3, 0.4) is 0 Å². The molecule has 0 bridgehead atoms. The average Bonchev–Trinajstić information content (AvgIpc) is 2.87. The molecule has 1 atom stereocenters. The fraction of sp³-hybridized carbons (Fsp3) is 0.353. The van der Waals surface area contributed by atoms with E-state index in [0.29, 0.717) is 22.0 Å². The summed E-state index contributed by atoms with van der Waals surface area (Å²) in [7, 11) is 0. The smallest absolute Gasteiger partial charge is 0.338 e. The molecule has 2 aliphatic heterocycles. The molecule has 0 spiro atoms. The van der Waals surface area contributed by atoms with Crippen molar-refractivity contribution in [1.82, 2.24) is 4.90 Å². The van der Waals surface area contributed by atoms with Gasteiger partial charge in [-0.2, -0.15) is 0 Å². The normalized spacial score (nSPS) is 20.4. The van der Waals surface area contributed by atoms with Crippen molar-refractivity contribution in [2.24, 2.45) is 4.99 Å². The van der Waals surface area contributed by atoms with Crippen LogP contribution in [0.5, 0.6) is 0 Å². The number of amides is 1. The minimum atomic E-state index is -0.646. The molecule has 0 saturated carbocycles. The first-order valence-corrected chi connectivity index (χ1v) is 8.58. The van der Waals surface area contributed by atoms with E-state index in [-0.39, 0.29) is 23.6 Å². The number of ether oxygens (including phenoxy) is 1. The fourth-order valence-electron chi connectivity index (χ4n) is 2.74. The van der Waals surface area contributed by atoms with Crippen LogP contribution in [0.25, 0.3) is 0 Å². The first kappa shape index (κ1) is 16.7. The quantitative estimate of drug-likeness (QED) is 0.788. The number of hydrogen-bond donors (Lipinski definition) is 0. The van der Waals surface area contributed by atoms with Crippen LogP contribution in [0.4, 0.5) is 4.39 Å². The van der Waals surface area contributed by atoms with Crippen LogP contribution >= 0.6 is 11.8 Å². The fourth-order valence-corrected chi connectivity index (χ4v) is 3.68. The molecule has 1 aromatic carbocycles. The molecule has 1 aromatic rings. The van der Waals surface area contributed by atoms with E-state index in [9.17, 15) is 14.0 Å². The van der Waals surface area contributed by atoms with Gasteiger partial charge in [0.15, 0.2) is 5.17 Å². The van der Waals surface area contributed by atoms with Gasteiger partial charge in [0.25, 0.3) is 0 Å². The van der Waals surface area contributed by atoms with Crippen LogP contribution in [0.1, 0.15) is 32.4 Å². The number of allylic oxidation sites excluding steroid dienone is 1. The molecule has 0 N–H and O–H groups in total. The number of halogens is 1. The molecule has 126 valence electrons. The van der Waals surface area contributed by atoms with E-state index in [1.807, 2.05) is 0 Å². The molecule has 0 aromatic heterocycles. The van der Waals surface area contributed by atoms with E-state index in [1.54, 1.807) is 32.9 Å². The van der Waals surface area contributed by atoms with Crippen molar-refractivity contribution in [2.75, 3.05) is 5.75 Å². The van der Waals surface area contributed by atoms with E-state index in [0.717, 1.165) is 0 Å². The molecule has 1 amide bonds. The predicted octanol–water partition coefficient (Wildman–Crippen LogP) is 3.04. The average molecular weight is 348 g/mol. The summed E-state index contributed by atoms with van der Waals surface area (Å²) in [5.41, 5.74) is 1.48. The van der Waals surface area contributed by atoms with E-state index in [4.69, 9.17) is 4.74 Å². The maximum absolute atomic E-state index is 13.3. The Labute approximate surface area is 143 Å². The molecule has 0 aliphatic carbocycles. The second-order valence-electron chi connectivity index (χ2n) is 5.85. The first-order chi connectivity index (χ1) is 11.4. The number of rotatable bonds is 3. The molecule has 2 heterocycles. The highest BCUT2D eigenvalue weighted by molar-refractivity contribution is 8.15. The number of esters is 1.